The number of ketones is 2. The number of ether oxygens (including phenoxy) is 3. The van der Waals surface area contributed by atoms with Crippen LogP contribution >= 0.6 is 0 Å². The molecule has 0 aromatic rings. The van der Waals surface area contributed by atoms with Crippen molar-refractivity contribution in [2.45, 2.75) is 72.5 Å². The van der Waals surface area contributed by atoms with E-state index in [-0.39, 0.29) is 35.3 Å². The molecule has 140 valence electrons. The van der Waals surface area contributed by atoms with E-state index in [2.05, 4.69) is 0 Å². The van der Waals surface area contributed by atoms with Gasteiger partial charge in [0.25, 0.3) is 0 Å². The van der Waals surface area contributed by atoms with E-state index in [9.17, 15) is 9.59 Å². The summed E-state index contributed by atoms with van der Waals surface area (Å²) >= 11 is 0. The summed E-state index contributed by atoms with van der Waals surface area (Å²) in [6.45, 7) is 9.36. The van der Waals surface area contributed by atoms with Gasteiger partial charge in [-0.2, -0.15) is 0 Å². The first-order chi connectivity index (χ1) is 11.8. The SMILES string of the molecule is CCC/C(=C(\OC)C1CC1)C1C(=O)C(OC(C)C)=C(OC(C)C)C1=O. The molecule has 5 nitrogen and oxygen atoms in total. The summed E-state index contributed by atoms with van der Waals surface area (Å²) in [6, 6.07) is 0. The Morgan fingerprint density at radius 3 is 1.80 bits per heavy atom. The summed E-state index contributed by atoms with van der Waals surface area (Å²) in [5.74, 6) is -0.184. The molecule has 0 bridgehead atoms. The molecule has 2 aliphatic carbocycles. The van der Waals surface area contributed by atoms with Crippen molar-refractivity contribution in [3.63, 3.8) is 0 Å². The number of carbonyl (C=O) groups excluding carboxylic acids is 2. The number of allylic oxidation sites excluding steroid dienone is 4. The van der Waals surface area contributed by atoms with Gasteiger partial charge in [0.2, 0.25) is 23.1 Å². The summed E-state index contributed by atoms with van der Waals surface area (Å²) in [5.41, 5.74) is 0.801. The molecule has 0 spiro atoms. The third-order valence-corrected chi connectivity index (χ3v) is 4.24. The average molecular weight is 350 g/mol. The van der Waals surface area contributed by atoms with Crippen LogP contribution in [0.3, 0.4) is 0 Å². The zero-order chi connectivity index (χ0) is 18.7. The zero-order valence-corrected chi connectivity index (χ0v) is 16.2. The highest BCUT2D eigenvalue weighted by atomic mass is 16.5. The fourth-order valence-electron chi connectivity index (χ4n) is 3.20. The van der Waals surface area contributed by atoms with Gasteiger partial charge in [-0.15, -0.1) is 0 Å². The maximum atomic E-state index is 13.0. The van der Waals surface area contributed by atoms with Crippen LogP contribution < -0.4 is 0 Å². The smallest absolute Gasteiger partial charge is 0.216 e. The minimum Gasteiger partial charge on any atom is -0.501 e. The van der Waals surface area contributed by atoms with Crippen molar-refractivity contribution in [1.29, 1.82) is 0 Å². The van der Waals surface area contributed by atoms with Gasteiger partial charge in [-0.25, -0.2) is 0 Å². The molecule has 0 unspecified atom stereocenters. The van der Waals surface area contributed by atoms with Crippen LogP contribution in [0.2, 0.25) is 0 Å². The molecule has 1 fully saturated rings. The van der Waals surface area contributed by atoms with Gasteiger partial charge in [-0.05, 0) is 52.5 Å². The van der Waals surface area contributed by atoms with Crippen LogP contribution in [-0.2, 0) is 23.8 Å². The van der Waals surface area contributed by atoms with Gasteiger partial charge >= 0.3 is 0 Å². The molecule has 0 radical (unpaired) electrons. The molecule has 2 rings (SSSR count). The number of Topliss-reactive ketones (excluding diaryl/α,β-unsaturated/α-hetero) is 2. The van der Waals surface area contributed by atoms with Crippen LogP contribution in [0.5, 0.6) is 0 Å². The Hall–Kier alpha value is -1.78. The standard InChI is InChI=1S/C20H30O5/c1-7-8-14(18(23-6)13-9-10-13)15-16(21)19(24-11(2)3)20(17(15)22)25-12(4)5/h11-13,15H,7-10H2,1-6H3/b18-14+. The normalized spacial score (nSPS) is 19.8. The van der Waals surface area contributed by atoms with E-state index in [1.54, 1.807) is 7.11 Å². The highest BCUT2D eigenvalue weighted by Gasteiger charge is 2.48. The van der Waals surface area contributed by atoms with Crippen LogP contribution in [0, 0.1) is 11.8 Å². The van der Waals surface area contributed by atoms with Gasteiger partial charge in [-0.3, -0.25) is 9.59 Å². The molecule has 25 heavy (non-hydrogen) atoms. The van der Waals surface area contributed by atoms with Crippen molar-refractivity contribution >= 4 is 11.6 Å². The average Bonchev–Trinajstić information content (AvgIpc) is 3.32. The highest BCUT2D eigenvalue weighted by Crippen LogP contribution is 2.43. The summed E-state index contributed by atoms with van der Waals surface area (Å²) < 4.78 is 17.0. The second-order valence-corrected chi connectivity index (χ2v) is 7.27. The fraction of sp³-hybridized carbons (Fsp3) is 0.700. The van der Waals surface area contributed by atoms with Crippen LogP contribution in [0.4, 0.5) is 0 Å². The molecule has 0 aromatic heterocycles. The third-order valence-electron chi connectivity index (χ3n) is 4.24. The van der Waals surface area contributed by atoms with Gasteiger partial charge in [0.15, 0.2) is 0 Å². The predicted molar refractivity (Wildman–Crippen MR) is 94.6 cm³/mol. The summed E-state index contributed by atoms with van der Waals surface area (Å²) in [5, 5.41) is 0. The summed E-state index contributed by atoms with van der Waals surface area (Å²) in [6.07, 6.45) is 3.17. The molecule has 0 amide bonds. The Balaban J connectivity index is 2.45. The first kappa shape index (κ1) is 19.5. The molecular weight excluding hydrogens is 320 g/mol. The molecule has 0 atom stereocenters. The van der Waals surface area contributed by atoms with Crippen molar-refractivity contribution in [3.8, 4) is 0 Å². The van der Waals surface area contributed by atoms with Gasteiger partial charge in [-0.1, -0.05) is 13.3 Å². The van der Waals surface area contributed by atoms with E-state index in [1.807, 2.05) is 34.6 Å². The number of hydrogen-bond acceptors (Lipinski definition) is 5. The quantitative estimate of drug-likeness (QED) is 0.466. The molecular formula is C20H30O5. The minimum absolute atomic E-state index is 0.0681. The third kappa shape index (κ3) is 4.25. The van der Waals surface area contributed by atoms with E-state index in [0.717, 1.165) is 30.6 Å². The molecule has 0 heterocycles. The van der Waals surface area contributed by atoms with E-state index in [4.69, 9.17) is 14.2 Å². The van der Waals surface area contributed by atoms with E-state index in [0.29, 0.717) is 12.3 Å². The Morgan fingerprint density at radius 1 is 1.00 bits per heavy atom. The van der Waals surface area contributed by atoms with E-state index in [1.165, 1.54) is 0 Å². The monoisotopic (exact) mass is 350 g/mol. The number of carbonyl (C=O) groups is 2. The second-order valence-electron chi connectivity index (χ2n) is 7.27. The highest BCUT2D eigenvalue weighted by molar-refractivity contribution is 6.24. The lowest BCUT2D eigenvalue weighted by Gasteiger charge is -2.18. The first-order valence-corrected chi connectivity index (χ1v) is 9.24. The molecule has 0 aromatic carbocycles. The van der Waals surface area contributed by atoms with E-state index >= 15 is 0 Å². The molecule has 0 N–H and O–H groups in total. The maximum Gasteiger partial charge on any atom is 0.216 e. The van der Waals surface area contributed by atoms with Crippen molar-refractivity contribution in [2.75, 3.05) is 7.11 Å². The second kappa shape index (κ2) is 8.07. The van der Waals surface area contributed by atoms with Crippen molar-refractivity contribution in [3.05, 3.63) is 22.9 Å². The Bertz CT molecular complexity index is 561. The number of methoxy groups -OCH3 is 1. The Labute approximate surface area is 150 Å². The van der Waals surface area contributed by atoms with Crippen LogP contribution in [0.15, 0.2) is 22.9 Å². The van der Waals surface area contributed by atoms with Crippen LogP contribution in [0.25, 0.3) is 0 Å². The number of hydrogen-bond donors (Lipinski definition) is 0. The van der Waals surface area contributed by atoms with Gasteiger partial charge in [0.05, 0.1) is 25.1 Å². The maximum absolute atomic E-state index is 13.0. The topological polar surface area (TPSA) is 61.8 Å². The van der Waals surface area contributed by atoms with Crippen LogP contribution in [-0.4, -0.2) is 30.9 Å². The lowest BCUT2D eigenvalue weighted by molar-refractivity contribution is -0.127. The molecule has 0 saturated heterocycles. The lowest BCUT2D eigenvalue weighted by atomic mass is 9.89. The van der Waals surface area contributed by atoms with Crippen LogP contribution in [0.1, 0.15) is 60.3 Å². The zero-order valence-electron chi connectivity index (χ0n) is 16.2. The van der Waals surface area contributed by atoms with Gasteiger partial charge in [0, 0.05) is 5.92 Å². The molecule has 5 heteroatoms. The Morgan fingerprint density at radius 2 is 1.48 bits per heavy atom. The lowest BCUT2D eigenvalue weighted by Crippen LogP contribution is -2.24. The largest absolute Gasteiger partial charge is 0.501 e. The molecule has 0 aliphatic heterocycles. The minimum atomic E-state index is -0.863. The first-order valence-electron chi connectivity index (χ1n) is 9.24. The Kier molecular flexibility index (Phi) is 6.31. The molecule has 2 aliphatic rings. The van der Waals surface area contributed by atoms with Crippen molar-refractivity contribution in [1.82, 2.24) is 0 Å². The predicted octanol–water partition coefficient (Wildman–Crippen LogP) is 3.93. The summed E-state index contributed by atoms with van der Waals surface area (Å²) in [7, 11) is 1.62. The molecule has 1 saturated carbocycles. The van der Waals surface area contributed by atoms with E-state index < -0.39 is 5.92 Å². The summed E-state index contributed by atoms with van der Waals surface area (Å²) in [4.78, 5) is 26.1. The van der Waals surface area contributed by atoms with Gasteiger partial charge in [0.1, 0.15) is 5.92 Å². The van der Waals surface area contributed by atoms with Crippen molar-refractivity contribution in [2.24, 2.45) is 11.8 Å². The fourth-order valence-corrected chi connectivity index (χ4v) is 3.20. The van der Waals surface area contributed by atoms with Gasteiger partial charge < -0.3 is 14.2 Å². The number of rotatable bonds is 9. The van der Waals surface area contributed by atoms with Crippen molar-refractivity contribution < 1.29 is 23.8 Å².